The van der Waals surface area contributed by atoms with Gasteiger partial charge in [0.25, 0.3) is 0 Å². The SMILES string of the molecule is COC(=O)CCc1ccc(-c2cccc(C#N)c2)cc1. The molecule has 2 aromatic rings. The number of carbonyl (C=O) groups is 1. The Morgan fingerprint density at radius 2 is 1.90 bits per heavy atom. The quantitative estimate of drug-likeness (QED) is 0.797. The van der Waals surface area contributed by atoms with E-state index in [1.165, 1.54) is 7.11 Å². The highest BCUT2D eigenvalue weighted by atomic mass is 16.5. The molecule has 0 fully saturated rings. The Morgan fingerprint density at radius 3 is 2.55 bits per heavy atom. The number of nitrogens with zero attached hydrogens (tertiary/aromatic N) is 1. The fraction of sp³-hybridized carbons (Fsp3) is 0.176. The van der Waals surface area contributed by atoms with Gasteiger partial charge in [0.15, 0.2) is 0 Å². The van der Waals surface area contributed by atoms with E-state index in [2.05, 4.69) is 10.8 Å². The van der Waals surface area contributed by atoms with Gasteiger partial charge in [-0.05, 0) is 35.2 Å². The maximum absolute atomic E-state index is 11.1. The van der Waals surface area contributed by atoms with Crippen LogP contribution in [0.3, 0.4) is 0 Å². The Labute approximate surface area is 118 Å². The third kappa shape index (κ3) is 3.46. The Kier molecular flexibility index (Phi) is 4.52. The highest BCUT2D eigenvalue weighted by Gasteiger charge is 2.03. The normalized spacial score (nSPS) is 9.80. The van der Waals surface area contributed by atoms with Crippen LogP contribution in [0, 0.1) is 11.3 Å². The second-order valence-electron chi connectivity index (χ2n) is 4.47. The maximum atomic E-state index is 11.1. The number of nitriles is 1. The van der Waals surface area contributed by atoms with Crippen LogP contribution < -0.4 is 0 Å². The molecule has 0 aliphatic carbocycles. The fourth-order valence-corrected chi connectivity index (χ4v) is 1.98. The summed E-state index contributed by atoms with van der Waals surface area (Å²) in [7, 11) is 1.40. The molecule has 0 aliphatic rings. The first-order valence-corrected chi connectivity index (χ1v) is 6.39. The number of esters is 1. The minimum atomic E-state index is -0.198. The molecule has 2 aromatic carbocycles. The number of ether oxygens (including phenoxy) is 1. The molecule has 2 rings (SSSR count). The minimum Gasteiger partial charge on any atom is -0.469 e. The molecule has 0 atom stereocenters. The van der Waals surface area contributed by atoms with Gasteiger partial charge >= 0.3 is 5.97 Å². The number of hydrogen-bond donors (Lipinski definition) is 0. The molecule has 0 unspecified atom stereocenters. The maximum Gasteiger partial charge on any atom is 0.305 e. The summed E-state index contributed by atoms with van der Waals surface area (Å²) < 4.78 is 4.62. The first-order chi connectivity index (χ1) is 9.72. The molecule has 0 spiro atoms. The highest BCUT2D eigenvalue weighted by molar-refractivity contribution is 5.69. The van der Waals surface area contributed by atoms with Gasteiger partial charge in [-0.2, -0.15) is 5.26 Å². The smallest absolute Gasteiger partial charge is 0.305 e. The van der Waals surface area contributed by atoms with Crippen molar-refractivity contribution >= 4 is 5.97 Å². The summed E-state index contributed by atoms with van der Waals surface area (Å²) in [5.41, 5.74) is 3.82. The minimum absolute atomic E-state index is 0.198. The summed E-state index contributed by atoms with van der Waals surface area (Å²) in [4.78, 5) is 11.1. The summed E-state index contributed by atoms with van der Waals surface area (Å²) in [5.74, 6) is -0.198. The summed E-state index contributed by atoms with van der Waals surface area (Å²) in [6.45, 7) is 0. The van der Waals surface area contributed by atoms with E-state index in [0.717, 1.165) is 16.7 Å². The Morgan fingerprint density at radius 1 is 1.15 bits per heavy atom. The third-order valence-corrected chi connectivity index (χ3v) is 3.12. The molecule has 0 amide bonds. The van der Waals surface area contributed by atoms with Crippen LogP contribution >= 0.6 is 0 Å². The van der Waals surface area contributed by atoms with Crippen LogP contribution in [-0.2, 0) is 16.0 Å². The van der Waals surface area contributed by atoms with Gasteiger partial charge < -0.3 is 4.74 Å². The van der Waals surface area contributed by atoms with E-state index in [1.54, 1.807) is 6.07 Å². The van der Waals surface area contributed by atoms with Crippen molar-refractivity contribution in [3.8, 4) is 17.2 Å². The molecule has 0 saturated carbocycles. The van der Waals surface area contributed by atoms with Crippen molar-refractivity contribution in [2.45, 2.75) is 12.8 Å². The molecule has 3 heteroatoms. The molecule has 100 valence electrons. The largest absolute Gasteiger partial charge is 0.469 e. The summed E-state index contributed by atoms with van der Waals surface area (Å²) >= 11 is 0. The number of carbonyl (C=O) groups excluding carboxylic acids is 1. The number of rotatable bonds is 4. The molecule has 20 heavy (non-hydrogen) atoms. The van der Waals surface area contributed by atoms with Crippen molar-refractivity contribution in [3.05, 3.63) is 59.7 Å². The van der Waals surface area contributed by atoms with Crippen molar-refractivity contribution in [1.29, 1.82) is 5.26 Å². The molecule has 3 nitrogen and oxygen atoms in total. The topological polar surface area (TPSA) is 50.1 Å². The van der Waals surface area contributed by atoms with Crippen LogP contribution in [0.5, 0.6) is 0 Å². The molecular formula is C17H15NO2. The molecular weight excluding hydrogens is 250 g/mol. The average molecular weight is 265 g/mol. The number of methoxy groups -OCH3 is 1. The van der Waals surface area contributed by atoms with Gasteiger partial charge in [-0.15, -0.1) is 0 Å². The zero-order chi connectivity index (χ0) is 14.4. The summed E-state index contributed by atoms with van der Waals surface area (Å²) in [6, 6.07) is 17.6. The van der Waals surface area contributed by atoms with Crippen LogP contribution in [-0.4, -0.2) is 13.1 Å². The van der Waals surface area contributed by atoms with Gasteiger partial charge in [-0.1, -0.05) is 36.4 Å². The second-order valence-corrected chi connectivity index (χ2v) is 4.47. The van der Waals surface area contributed by atoms with E-state index in [1.807, 2.05) is 42.5 Å². The molecule has 0 saturated heterocycles. The zero-order valence-corrected chi connectivity index (χ0v) is 11.3. The van der Waals surface area contributed by atoms with Gasteiger partial charge in [0.2, 0.25) is 0 Å². The monoisotopic (exact) mass is 265 g/mol. The van der Waals surface area contributed by atoms with Crippen LogP contribution in [0.25, 0.3) is 11.1 Å². The lowest BCUT2D eigenvalue weighted by atomic mass is 10.0. The lowest BCUT2D eigenvalue weighted by molar-refractivity contribution is -0.140. The third-order valence-electron chi connectivity index (χ3n) is 3.12. The first kappa shape index (κ1) is 13.8. The van der Waals surface area contributed by atoms with Crippen LogP contribution in [0.2, 0.25) is 0 Å². The van der Waals surface area contributed by atoms with Crippen molar-refractivity contribution in [2.24, 2.45) is 0 Å². The number of aryl methyl sites for hydroxylation is 1. The van der Waals surface area contributed by atoms with Gasteiger partial charge in [0, 0.05) is 6.42 Å². The molecule has 0 aliphatic heterocycles. The summed E-state index contributed by atoms with van der Waals surface area (Å²) in [6.07, 6.45) is 1.06. The standard InChI is InChI=1S/C17H15NO2/c1-20-17(19)10-7-13-5-8-15(9-6-13)16-4-2-3-14(11-16)12-18/h2-6,8-9,11H,7,10H2,1H3. The predicted molar refractivity (Wildman–Crippen MR) is 76.9 cm³/mol. The summed E-state index contributed by atoms with van der Waals surface area (Å²) in [5, 5.41) is 8.90. The van der Waals surface area contributed by atoms with E-state index in [4.69, 9.17) is 5.26 Å². The lowest BCUT2D eigenvalue weighted by Gasteiger charge is -2.05. The lowest BCUT2D eigenvalue weighted by Crippen LogP contribution is -2.01. The zero-order valence-electron chi connectivity index (χ0n) is 11.3. The van der Waals surface area contributed by atoms with Gasteiger partial charge in [-0.25, -0.2) is 0 Å². The van der Waals surface area contributed by atoms with Gasteiger partial charge in [0.05, 0.1) is 18.7 Å². The number of benzene rings is 2. The Hall–Kier alpha value is -2.60. The van der Waals surface area contributed by atoms with Crippen molar-refractivity contribution in [3.63, 3.8) is 0 Å². The van der Waals surface area contributed by atoms with E-state index >= 15 is 0 Å². The van der Waals surface area contributed by atoms with Gasteiger partial charge in [0.1, 0.15) is 0 Å². The first-order valence-electron chi connectivity index (χ1n) is 6.39. The highest BCUT2D eigenvalue weighted by Crippen LogP contribution is 2.21. The van der Waals surface area contributed by atoms with Crippen LogP contribution in [0.1, 0.15) is 17.5 Å². The van der Waals surface area contributed by atoms with Gasteiger partial charge in [-0.3, -0.25) is 4.79 Å². The van der Waals surface area contributed by atoms with E-state index in [9.17, 15) is 4.79 Å². The van der Waals surface area contributed by atoms with E-state index in [-0.39, 0.29) is 5.97 Å². The average Bonchev–Trinajstić information content (AvgIpc) is 2.53. The predicted octanol–water partition coefficient (Wildman–Crippen LogP) is 3.33. The van der Waals surface area contributed by atoms with E-state index < -0.39 is 0 Å². The van der Waals surface area contributed by atoms with Crippen molar-refractivity contribution < 1.29 is 9.53 Å². The molecule has 0 radical (unpaired) electrons. The Balaban J connectivity index is 2.11. The van der Waals surface area contributed by atoms with Crippen LogP contribution in [0.15, 0.2) is 48.5 Å². The molecule has 0 bridgehead atoms. The molecule has 0 heterocycles. The second kappa shape index (κ2) is 6.53. The number of hydrogen-bond acceptors (Lipinski definition) is 3. The van der Waals surface area contributed by atoms with Crippen molar-refractivity contribution in [1.82, 2.24) is 0 Å². The molecule has 0 N–H and O–H groups in total. The van der Waals surface area contributed by atoms with Crippen molar-refractivity contribution in [2.75, 3.05) is 7.11 Å². The van der Waals surface area contributed by atoms with Crippen LogP contribution in [0.4, 0.5) is 0 Å². The fourth-order valence-electron chi connectivity index (χ4n) is 1.98. The molecule has 0 aromatic heterocycles. The Bertz CT molecular complexity index is 639. The van der Waals surface area contributed by atoms with E-state index in [0.29, 0.717) is 18.4 Å².